The van der Waals surface area contributed by atoms with Crippen LogP contribution in [0.5, 0.6) is 17.2 Å². The number of carbonyl (C=O) groups excluding carboxylic acids is 12. The van der Waals surface area contributed by atoms with E-state index in [1.54, 1.807) is 27.7 Å². The number of amides is 8. The number of phenolic OH excluding ortho intramolecular Hbond substituents is 3. The van der Waals surface area contributed by atoms with Crippen LogP contribution in [0, 0.1) is 123 Å². The van der Waals surface area contributed by atoms with Gasteiger partial charge in [-0.1, -0.05) is 91.8 Å². The van der Waals surface area contributed by atoms with Gasteiger partial charge in [-0.15, -0.1) is 0 Å². The topological polar surface area (TPSA) is 451 Å². The Morgan fingerprint density at radius 3 is 0.923 bits per heavy atom. The van der Waals surface area contributed by atoms with Gasteiger partial charge in [-0.25, -0.2) is 80.2 Å². The van der Waals surface area contributed by atoms with E-state index in [0.717, 1.165) is 18.7 Å². The van der Waals surface area contributed by atoms with Gasteiger partial charge in [0.1, 0.15) is 65.8 Å². The number of aromatic hydroxyl groups is 3. The molecule has 3 heterocycles. The zero-order chi connectivity index (χ0) is 97.9. The molecule has 3 saturated heterocycles. The number of para-hydroxylation sites is 3. The monoisotopic (exact) mass is 1860 g/mol. The quantitative estimate of drug-likeness (QED) is 0.0166. The van der Waals surface area contributed by atoms with E-state index in [1.807, 2.05) is 0 Å². The number of hydrogen-bond donors (Lipinski definition) is 13. The van der Waals surface area contributed by atoms with Gasteiger partial charge < -0.3 is 91.7 Å². The molecule has 3 aliphatic heterocycles. The molecule has 18 atom stereocenters. The zero-order valence-corrected chi connectivity index (χ0v) is 71.0. The Labute approximate surface area is 730 Å². The maximum absolute atomic E-state index is 14.7. The van der Waals surface area contributed by atoms with E-state index in [9.17, 15) is 154 Å². The molecule has 0 aliphatic carbocycles. The second-order valence-corrected chi connectivity index (χ2v) is 31.7. The first-order valence-corrected chi connectivity index (χ1v) is 39.7. The molecule has 130 heavy (non-hydrogen) atoms. The van der Waals surface area contributed by atoms with Crippen molar-refractivity contribution in [1.29, 1.82) is 0 Å². The number of aliphatic hydroxyl groups excluding tert-OH is 3. The van der Waals surface area contributed by atoms with Crippen molar-refractivity contribution >= 4 is 71.1 Å². The van der Waals surface area contributed by atoms with Crippen molar-refractivity contribution in [3.63, 3.8) is 0 Å². The lowest BCUT2D eigenvalue weighted by atomic mass is 9.90. The molecule has 0 aromatic heterocycles. The Balaban J connectivity index is 0.000000267. The smallest absolute Gasteiger partial charge is 0.348 e. The molecule has 9 rings (SSSR count). The number of halogens is 15. The lowest BCUT2D eigenvalue weighted by Gasteiger charge is -2.37. The molecule has 6 aromatic rings. The molecule has 708 valence electrons. The number of cyclic esters (lactones) is 4. The summed E-state index contributed by atoms with van der Waals surface area (Å²) >= 11 is 0. The number of nitrogens with one attached hydrogen (secondary N) is 7. The van der Waals surface area contributed by atoms with Crippen molar-refractivity contribution in [3.8, 4) is 17.2 Å². The third-order valence-corrected chi connectivity index (χ3v) is 21.5. The van der Waals surface area contributed by atoms with E-state index in [0.29, 0.717) is 0 Å². The second kappa shape index (κ2) is 44.0. The lowest BCUT2D eigenvalue weighted by molar-refractivity contribution is -0.180. The van der Waals surface area contributed by atoms with Crippen LogP contribution in [-0.2, 0) is 81.4 Å². The van der Waals surface area contributed by atoms with Crippen molar-refractivity contribution in [2.45, 2.75) is 193 Å². The molecule has 3 unspecified atom stereocenters. The Hall–Kier alpha value is -12.8. The number of rotatable bonds is 15. The molecular weight excluding hydrogens is 1770 g/mol. The predicted octanol–water partition coefficient (Wildman–Crippen LogP) is 6.76. The summed E-state index contributed by atoms with van der Waals surface area (Å²) in [6, 6.07) is 2.12. The van der Waals surface area contributed by atoms with Crippen molar-refractivity contribution in [1.82, 2.24) is 42.1 Å². The Kier molecular flexibility index (Phi) is 35.3. The number of phenols is 3. The number of carbonyl (C=O) groups is 12. The molecule has 3 fully saturated rings. The van der Waals surface area contributed by atoms with Crippen LogP contribution >= 0.6 is 0 Å². The highest BCUT2D eigenvalue weighted by molar-refractivity contribution is 6.02. The fourth-order valence-corrected chi connectivity index (χ4v) is 13.8. The fourth-order valence-electron chi connectivity index (χ4n) is 13.8. The first-order chi connectivity index (χ1) is 60.6. The van der Waals surface area contributed by atoms with Crippen LogP contribution in [0.3, 0.4) is 0 Å². The van der Waals surface area contributed by atoms with Crippen LogP contribution in [0.4, 0.5) is 65.9 Å². The molecule has 0 saturated carbocycles. The standard InChI is InChI=1S/C29H32F5N3O7.C28H30F5N3O7.C28H29F5N2O8/c1-11(2)24-29(43)44-13(4)23(36-26(40)14-8-6-7-9-17(14)38)27(41)35-16(25(39)12(3)28(42)37(24)5)10-15-18(30)20(32)22(34)21(33)19(15)31;1-10(2)22-28(42)43-12(4)23(36-26(40)13-7-5-6-8-16(13)37)27(41)34-15(24(38)11(3)25(39)35-22)9-14-17(29)19(31)21(33)20(32)18(14)30;1-10(2)24-28(41)42-12(4)22(35-25(38)13-7-5-6-8-16(13)36)26(39)34-15(23(37)11(3)27(40)43-24)9-14-17(29)19(31)21(33)20(32)18(14)30/h6-9,11-13,16,23-25,38-39H,10H2,1-5H3,(H,35,41)(H,36,40);5-8,10-12,15,22-24,37-38H,9H2,1-4H3,(H,34,41)(H,35,39)(H,36,40);5-8,10-12,15,22-24,36-37H,9H2,1-4H3,(H,34,39)(H,35,38)/t12-,13-,16+,23+,24?,25+;11-,12-,15+,22?,23+,24+;11-,12-,15+,22+,23+,24?/m111/s1. The molecule has 45 heteroatoms. The zero-order valence-electron chi connectivity index (χ0n) is 71.0. The highest BCUT2D eigenvalue weighted by Gasteiger charge is 2.48. The number of ether oxygens (including phenoxy) is 4. The van der Waals surface area contributed by atoms with Crippen molar-refractivity contribution in [2.24, 2.45) is 35.5 Å². The summed E-state index contributed by atoms with van der Waals surface area (Å²) in [4.78, 5) is 159. The van der Waals surface area contributed by atoms with Crippen molar-refractivity contribution in [3.05, 3.63) is 193 Å². The summed E-state index contributed by atoms with van der Waals surface area (Å²) < 4.78 is 234. The summed E-state index contributed by atoms with van der Waals surface area (Å²) in [5, 5.41) is 79.3. The number of aliphatic hydroxyl groups is 3. The first-order valence-electron chi connectivity index (χ1n) is 39.7. The predicted molar refractivity (Wildman–Crippen MR) is 419 cm³/mol. The summed E-state index contributed by atoms with van der Waals surface area (Å²) in [6.07, 6.45) is -15.7. The van der Waals surface area contributed by atoms with Gasteiger partial charge in [-0.05, 0) is 75.9 Å². The minimum absolute atomic E-state index is 0.276. The van der Waals surface area contributed by atoms with Gasteiger partial charge in [0.05, 0.1) is 70.9 Å². The normalized spacial score (nSPS) is 25.2. The lowest BCUT2D eigenvalue weighted by Crippen LogP contribution is -2.61. The Bertz CT molecular complexity index is 5010. The SMILES string of the molecule is CC(C)C1C(=O)O[C@H](C)[C@H](NC(=O)c2ccccc2O)C(=O)N[C@@H](Cc2c(F)c(F)c(F)c(F)c2F)[C@@H](O)[C@@H](C)C(=O)N1C.CC(C)C1NC(=O)[C@H](C)[C@H](O)[C@H](Cc2c(F)c(F)c(F)c(F)c2F)NC(=O)[C@@H](NC(=O)c2ccccc2O)[C@@H](C)OC1=O.CC(C)C1OC(=O)[C@H](C)[C@H](O)[C@H](Cc2c(F)c(F)c(F)c(F)c2F)NC(=O)[C@@H](NC(=O)c2ccccc2O)[C@@H](C)OC1=O. The molecule has 30 nitrogen and oxygen atoms in total. The maximum Gasteiger partial charge on any atom is 0.348 e. The summed E-state index contributed by atoms with van der Waals surface area (Å²) in [6.45, 7) is 16.3. The summed E-state index contributed by atoms with van der Waals surface area (Å²) in [7, 11) is 1.24. The van der Waals surface area contributed by atoms with Crippen LogP contribution in [0.1, 0.15) is 131 Å². The van der Waals surface area contributed by atoms with Gasteiger partial charge in [0.25, 0.3) is 17.7 Å². The molecule has 6 aromatic carbocycles. The van der Waals surface area contributed by atoms with Crippen LogP contribution in [0.25, 0.3) is 0 Å². The van der Waals surface area contributed by atoms with Crippen LogP contribution < -0.4 is 37.2 Å². The van der Waals surface area contributed by atoms with Gasteiger partial charge in [0.2, 0.25) is 53.1 Å². The van der Waals surface area contributed by atoms with E-state index < -0.39 is 338 Å². The highest BCUT2D eigenvalue weighted by Crippen LogP contribution is 2.33. The van der Waals surface area contributed by atoms with Crippen LogP contribution in [-0.4, -0.2) is 205 Å². The van der Waals surface area contributed by atoms with Crippen LogP contribution in [0.2, 0.25) is 0 Å². The average Bonchev–Trinajstić information content (AvgIpc) is 0.791. The van der Waals surface area contributed by atoms with Gasteiger partial charge in [0.15, 0.2) is 69.8 Å². The van der Waals surface area contributed by atoms with Crippen molar-refractivity contribution < 1.29 is 173 Å². The van der Waals surface area contributed by atoms with E-state index in [1.165, 1.54) is 121 Å². The number of benzene rings is 6. The second-order valence-electron chi connectivity index (χ2n) is 31.7. The summed E-state index contributed by atoms with van der Waals surface area (Å²) in [5.41, 5.74) is -5.00. The van der Waals surface area contributed by atoms with E-state index in [-0.39, 0.29) is 16.7 Å². The van der Waals surface area contributed by atoms with Crippen molar-refractivity contribution in [2.75, 3.05) is 7.05 Å². The number of esters is 4. The van der Waals surface area contributed by atoms with Gasteiger partial charge in [-0.2, -0.15) is 0 Å². The molecule has 8 amide bonds. The molecule has 0 radical (unpaired) electrons. The van der Waals surface area contributed by atoms with Crippen LogP contribution in [0.15, 0.2) is 72.8 Å². The van der Waals surface area contributed by atoms with Gasteiger partial charge in [-0.3, -0.25) is 43.2 Å². The molecular formula is C85H91F15N8O22. The number of hydrogen-bond acceptors (Lipinski definition) is 22. The molecule has 0 spiro atoms. The van der Waals surface area contributed by atoms with Gasteiger partial charge >= 0.3 is 23.9 Å². The average molecular weight is 1860 g/mol. The Morgan fingerprint density at radius 2 is 0.631 bits per heavy atom. The van der Waals surface area contributed by atoms with Gasteiger partial charge in [0, 0.05) is 48.9 Å². The Morgan fingerprint density at radius 1 is 0.354 bits per heavy atom. The first kappa shape index (κ1) is 104. The molecule has 13 N–H and O–H groups in total. The highest BCUT2D eigenvalue weighted by atomic mass is 19.2. The fraction of sp³-hybridized carbons (Fsp3) is 0.435. The van der Waals surface area contributed by atoms with E-state index >= 15 is 0 Å². The van der Waals surface area contributed by atoms with E-state index in [4.69, 9.17) is 18.9 Å². The molecule has 3 aliphatic rings. The third kappa shape index (κ3) is 23.6. The number of likely N-dealkylation sites (N-methyl/N-ethyl adjacent to an activating group) is 1. The largest absolute Gasteiger partial charge is 0.507 e. The third-order valence-electron chi connectivity index (χ3n) is 21.5. The van der Waals surface area contributed by atoms with E-state index in [2.05, 4.69) is 37.2 Å². The number of nitrogens with zero attached hydrogens (tertiary/aromatic N) is 1. The minimum Gasteiger partial charge on any atom is -0.507 e. The maximum atomic E-state index is 14.7. The minimum atomic E-state index is -2.43. The molecule has 0 bridgehead atoms. The summed E-state index contributed by atoms with van der Waals surface area (Å²) in [5.74, 6) is -54.8.